The van der Waals surface area contributed by atoms with Crippen LogP contribution in [0.15, 0.2) is 42.5 Å². The summed E-state index contributed by atoms with van der Waals surface area (Å²) in [5.41, 5.74) is 1.98. The quantitative estimate of drug-likeness (QED) is 0.930. The molecule has 0 saturated heterocycles. The van der Waals surface area contributed by atoms with Crippen LogP contribution >= 0.6 is 11.6 Å². The third kappa shape index (κ3) is 3.05. The summed E-state index contributed by atoms with van der Waals surface area (Å²) in [5.74, 6) is 0.458. The number of hydrogen-bond donors (Lipinski definition) is 1. The zero-order valence-electron chi connectivity index (χ0n) is 10.1. The molecule has 0 bridgehead atoms. The van der Waals surface area contributed by atoms with Crippen molar-refractivity contribution in [3.05, 3.63) is 64.2 Å². The average Bonchev–Trinajstić information content (AvgIpc) is 2.46. The van der Waals surface area contributed by atoms with Gasteiger partial charge in [-0.2, -0.15) is 5.26 Å². The Morgan fingerprint density at radius 1 is 1.11 bits per heavy atom. The summed E-state index contributed by atoms with van der Waals surface area (Å²) >= 11 is 6.05. The van der Waals surface area contributed by atoms with E-state index in [1.807, 2.05) is 12.1 Å². The van der Waals surface area contributed by atoms with Gasteiger partial charge in [0.15, 0.2) is 0 Å². The van der Waals surface area contributed by atoms with Gasteiger partial charge in [0.1, 0.15) is 12.4 Å². The van der Waals surface area contributed by atoms with E-state index >= 15 is 0 Å². The van der Waals surface area contributed by atoms with Gasteiger partial charge in [-0.05, 0) is 12.1 Å². The number of benzene rings is 2. The van der Waals surface area contributed by atoms with Gasteiger partial charge in [0.2, 0.25) is 0 Å². The molecule has 0 unspecified atom stereocenters. The van der Waals surface area contributed by atoms with Crippen LogP contribution in [0.1, 0.15) is 16.7 Å². The van der Waals surface area contributed by atoms with Crippen LogP contribution in [0.2, 0.25) is 5.02 Å². The van der Waals surface area contributed by atoms with E-state index in [0.717, 1.165) is 5.56 Å². The fourth-order valence-corrected chi connectivity index (χ4v) is 1.99. The Kier molecular flexibility index (Phi) is 4.40. The molecule has 4 heteroatoms. The summed E-state index contributed by atoms with van der Waals surface area (Å²) in [5, 5.41) is 18.7. The predicted octanol–water partition coefficient (Wildman–Crippen LogP) is 3.28. The molecule has 1 N–H and O–H groups in total. The summed E-state index contributed by atoms with van der Waals surface area (Å²) < 4.78 is 5.64. The lowest BCUT2D eigenvalue weighted by molar-refractivity contribution is 0.259. The Bertz CT molecular complexity index is 620. The van der Waals surface area contributed by atoms with Crippen molar-refractivity contribution >= 4 is 11.6 Å². The van der Waals surface area contributed by atoms with Gasteiger partial charge in [-0.1, -0.05) is 41.9 Å². The number of rotatable bonds is 4. The molecule has 0 heterocycles. The maximum atomic E-state index is 9.25. The van der Waals surface area contributed by atoms with Crippen molar-refractivity contribution in [3.63, 3.8) is 0 Å². The third-order valence-electron chi connectivity index (χ3n) is 2.73. The second kappa shape index (κ2) is 6.24. The Labute approximate surface area is 116 Å². The number of aliphatic hydroxyl groups is 1. The van der Waals surface area contributed by atoms with Gasteiger partial charge in [0, 0.05) is 11.1 Å². The van der Waals surface area contributed by atoms with Gasteiger partial charge in [-0.15, -0.1) is 0 Å². The number of aliphatic hydroxyl groups excluding tert-OH is 1. The van der Waals surface area contributed by atoms with E-state index in [-0.39, 0.29) is 13.2 Å². The van der Waals surface area contributed by atoms with Gasteiger partial charge in [0.25, 0.3) is 0 Å². The van der Waals surface area contributed by atoms with Crippen LogP contribution in [0.5, 0.6) is 5.75 Å². The van der Waals surface area contributed by atoms with Crippen LogP contribution in [0.4, 0.5) is 0 Å². The molecule has 3 nitrogen and oxygen atoms in total. The van der Waals surface area contributed by atoms with Gasteiger partial charge >= 0.3 is 0 Å². The van der Waals surface area contributed by atoms with E-state index in [1.165, 1.54) is 0 Å². The molecule has 0 radical (unpaired) electrons. The largest absolute Gasteiger partial charge is 0.487 e. The number of hydrogen-bond acceptors (Lipinski definition) is 3. The van der Waals surface area contributed by atoms with Gasteiger partial charge in [0.05, 0.1) is 23.3 Å². The second-order valence-electron chi connectivity index (χ2n) is 3.94. The predicted molar refractivity (Wildman–Crippen MR) is 72.9 cm³/mol. The highest BCUT2D eigenvalue weighted by Gasteiger charge is 2.09. The van der Waals surface area contributed by atoms with Gasteiger partial charge < -0.3 is 9.84 Å². The van der Waals surface area contributed by atoms with Crippen LogP contribution < -0.4 is 4.74 Å². The average molecular weight is 274 g/mol. The first-order chi connectivity index (χ1) is 9.26. The zero-order chi connectivity index (χ0) is 13.7. The summed E-state index contributed by atoms with van der Waals surface area (Å²) in [4.78, 5) is 0. The van der Waals surface area contributed by atoms with E-state index in [0.29, 0.717) is 21.9 Å². The second-order valence-corrected chi connectivity index (χ2v) is 4.35. The first kappa shape index (κ1) is 13.4. The SMILES string of the molecule is N#Cc1ccccc1COc1c(Cl)cccc1CO. The van der Waals surface area contributed by atoms with Crippen molar-refractivity contribution in [2.45, 2.75) is 13.2 Å². The summed E-state index contributed by atoms with van der Waals surface area (Å²) in [6.07, 6.45) is 0. The van der Waals surface area contributed by atoms with Crippen molar-refractivity contribution < 1.29 is 9.84 Å². The first-order valence-electron chi connectivity index (χ1n) is 5.75. The van der Waals surface area contributed by atoms with Crippen LogP contribution in [0.25, 0.3) is 0 Å². The van der Waals surface area contributed by atoms with Crippen molar-refractivity contribution in [2.24, 2.45) is 0 Å². The molecule has 0 saturated carbocycles. The van der Waals surface area contributed by atoms with E-state index in [2.05, 4.69) is 6.07 Å². The Morgan fingerprint density at radius 3 is 2.58 bits per heavy atom. The highest BCUT2D eigenvalue weighted by atomic mass is 35.5. The lowest BCUT2D eigenvalue weighted by Gasteiger charge is -2.12. The summed E-state index contributed by atoms with van der Waals surface area (Å²) in [6.45, 7) is 0.0935. The smallest absolute Gasteiger partial charge is 0.143 e. The van der Waals surface area contributed by atoms with Crippen molar-refractivity contribution in [1.82, 2.24) is 0 Å². The van der Waals surface area contributed by atoms with E-state index in [4.69, 9.17) is 21.6 Å². The van der Waals surface area contributed by atoms with E-state index in [9.17, 15) is 5.11 Å². The maximum Gasteiger partial charge on any atom is 0.143 e. The molecular weight excluding hydrogens is 262 g/mol. The fraction of sp³-hybridized carbons (Fsp3) is 0.133. The molecule has 19 heavy (non-hydrogen) atoms. The third-order valence-corrected chi connectivity index (χ3v) is 3.03. The van der Waals surface area contributed by atoms with Crippen LogP contribution in [0, 0.1) is 11.3 Å². The van der Waals surface area contributed by atoms with Crippen molar-refractivity contribution in [1.29, 1.82) is 5.26 Å². The highest BCUT2D eigenvalue weighted by Crippen LogP contribution is 2.29. The molecule has 2 aromatic rings. The Balaban J connectivity index is 2.22. The number of ether oxygens (including phenoxy) is 1. The van der Waals surface area contributed by atoms with Gasteiger partial charge in [-0.3, -0.25) is 0 Å². The first-order valence-corrected chi connectivity index (χ1v) is 6.13. The Hall–Kier alpha value is -2.02. The number of nitrogens with zero attached hydrogens (tertiary/aromatic N) is 1. The maximum absolute atomic E-state index is 9.25. The van der Waals surface area contributed by atoms with Crippen LogP contribution in [-0.2, 0) is 13.2 Å². The molecule has 0 aliphatic carbocycles. The standard InChI is InChI=1S/C15H12ClNO2/c16-14-7-3-6-12(9-18)15(14)19-10-13-5-2-1-4-11(13)8-17/h1-7,18H,9-10H2. The van der Waals surface area contributed by atoms with Crippen molar-refractivity contribution in [3.8, 4) is 11.8 Å². The fourth-order valence-electron chi connectivity index (χ4n) is 1.74. The van der Waals surface area contributed by atoms with E-state index in [1.54, 1.807) is 30.3 Å². The highest BCUT2D eigenvalue weighted by molar-refractivity contribution is 6.32. The van der Waals surface area contributed by atoms with Crippen LogP contribution in [-0.4, -0.2) is 5.11 Å². The van der Waals surface area contributed by atoms with Crippen molar-refractivity contribution in [2.75, 3.05) is 0 Å². The minimum atomic E-state index is -0.143. The normalized spacial score (nSPS) is 9.95. The number of para-hydroxylation sites is 1. The summed E-state index contributed by atoms with van der Waals surface area (Å²) in [7, 11) is 0. The molecule has 0 atom stereocenters. The lowest BCUT2D eigenvalue weighted by atomic mass is 10.1. The Morgan fingerprint density at radius 2 is 1.84 bits per heavy atom. The zero-order valence-corrected chi connectivity index (χ0v) is 10.9. The molecule has 0 aromatic heterocycles. The molecule has 0 spiro atoms. The van der Waals surface area contributed by atoms with Gasteiger partial charge in [-0.25, -0.2) is 0 Å². The molecule has 2 aromatic carbocycles. The van der Waals surface area contributed by atoms with Crippen LogP contribution in [0.3, 0.4) is 0 Å². The molecule has 0 aliphatic heterocycles. The molecule has 0 aliphatic rings. The number of halogens is 1. The lowest BCUT2D eigenvalue weighted by Crippen LogP contribution is -2.01. The minimum Gasteiger partial charge on any atom is -0.487 e. The molecule has 2 rings (SSSR count). The topological polar surface area (TPSA) is 53.2 Å². The molecule has 0 fully saturated rings. The number of nitriles is 1. The molecule has 96 valence electrons. The summed E-state index contributed by atoms with van der Waals surface area (Å²) in [6, 6.07) is 14.5. The molecular formula is C15H12ClNO2. The van der Waals surface area contributed by atoms with E-state index < -0.39 is 0 Å². The monoisotopic (exact) mass is 273 g/mol. The molecule has 0 amide bonds. The minimum absolute atomic E-state index is 0.143.